The Morgan fingerprint density at radius 3 is 2.22 bits per heavy atom. The lowest BCUT2D eigenvalue weighted by atomic mass is 9.92. The van der Waals surface area contributed by atoms with Crippen LogP contribution in [0.25, 0.3) is 0 Å². The summed E-state index contributed by atoms with van der Waals surface area (Å²) < 4.78 is 0. The van der Waals surface area contributed by atoms with E-state index in [0.717, 1.165) is 64.1 Å². The molecule has 6 heteroatoms. The molecule has 0 radical (unpaired) electrons. The summed E-state index contributed by atoms with van der Waals surface area (Å²) in [6, 6.07) is 7.98. The van der Waals surface area contributed by atoms with Gasteiger partial charge in [-0.05, 0) is 37.0 Å². The number of rotatable bonds is 4. The fourth-order valence-corrected chi connectivity index (χ4v) is 4.41. The van der Waals surface area contributed by atoms with Gasteiger partial charge in [0.1, 0.15) is 0 Å². The highest BCUT2D eigenvalue weighted by molar-refractivity contribution is 5.94. The van der Waals surface area contributed by atoms with Crippen molar-refractivity contribution in [3.8, 4) is 0 Å². The highest BCUT2D eigenvalue weighted by Gasteiger charge is 2.44. The molecule has 1 atom stereocenters. The lowest BCUT2D eigenvalue weighted by molar-refractivity contribution is 0.0301. The smallest absolute Gasteiger partial charge is 0.317 e. The SMILES string of the molecule is CCc1ccc(C(=O)N2CCN(C3(CC)CCN(C(=O)NC)C3)CC2)cc1. The van der Waals surface area contributed by atoms with Crippen LogP contribution < -0.4 is 5.32 Å². The van der Waals surface area contributed by atoms with Gasteiger partial charge in [0.05, 0.1) is 0 Å². The maximum atomic E-state index is 12.8. The van der Waals surface area contributed by atoms with Gasteiger partial charge in [-0.3, -0.25) is 9.69 Å². The number of nitrogens with zero attached hydrogens (tertiary/aromatic N) is 3. The minimum Gasteiger partial charge on any atom is -0.341 e. The summed E-state index contributed by atoms with van der Waals surface area (Å²) in [5.74, 6) is 0.126. The van der Waals surface area contributed by atoms with Gasteiger partial charge < -0.3 is 15.1 Å². The molecule has 0 saturated carbocycles. The Labute approximate surface area is 162 Å². The number of hydrogen-bond acceptors (Lipinski definition) is 3. The Morgan fingerprint density at radius 2 is 1.67 bits per heavy atom. The number of hydrogen-bond donors (Lipinski definition) is 1. The standard InChI is InChI=1S/C21H32N4O2/c1-4-17-6-8-18(9-7-17)19(26)23-12-14-25(15-13-23)21(5-2)10-11-24(16-21)20(27)22-3/h6-9H,4-5,10-16H2,1-3H3,(H,22,27). The number of nitrogens with one attached hydrogen (secondary N) is 1. The van der Waals surface area contributed by atoms with Crippen molar-refractivity contribution in [1.82, 2.24) is 20.0 Å². The van der Waals surface area contributed by atoms with Gasteiger partial charge >= 0.3 is 6.03 Å². The zero-order chi connectivity index (χ0) is 19.4. The minimum absolute atomic E-state index is 0.00895. The van der Waals surface area contributed by atoms with E-state index in [1.54, 1.807) is 7.05 Å². The summed E-state index contributed by atoms with van der Waals surface area (Å²) in [4.78, 5) is 31.2. The molecule has 1 unspecified atom stereocenters. The van der Waals surface area contributed by atoms with Crippen LogP contribution in [0.4, 0.5) is 4.79 Å². The molecule has 2 fully saturated rings. The van der Waals surface area contributed by atoms with Gasteiger partial charge in [0.15, 0.2) is 0 Å². The van der Waals surface area contributed by atoms with Crippen molar-refractivity contribution >= 4 is 11.9 Å². The lowest BCUT2D eigenvalue weighted by Gasteiger charge is -2.45. The third-order valence-electron chi connectivity index (χ3n) is 6.34. The van der Waals surface area contributed by atoms with Crippen LogP contribution in [0.15, 0.2) is 24.3 Å². The Hall–Kier alpha value is -2.08. The van der Waals surface area contributed by atoms with Crippen LogP contribution in [0.1, 0.15) is 42.6 Å². The molecule has 0 spiro atoms. The third-order valence-corrected chi connectivity index (χ3v) is 6.34. The summed E-state index contributed by atoms with van der Waals surface area (Å²) in [6.45, 7) is 9.13. The first-order valence-electron chi connectivity index (χ1n) is 10.1. The average molecular weight is 373 g/mol. The summed E-state index contributed by atoms with van der Waals surface area (Å²) >= 11 is 0. The monoisotopic (exact) mass is 372 g/mol. The zero-order valence-corrected chi connectivity index (χ0v) is 16.8. The van der Waals surface area contributed by atoms with E-state index in [1.165, 1.54) is 5.56 Å². The second-order valence-corrected chi connectivity index (χ2v) is 7.63. The number of urea groups is 1. The van der Waals surface area contributed by atoms with E-state index in [2.05, 4.69) is 24.1 Å². The molecule has 148 valence electrons. The van der Waals surface area contributed by atoms with Crippen molar-refractivity contribution in [1.29, 1.82) is 0 Å². The van der Waals surface area contributed by atoms with Crippen molar-refractivity contribution < 1.29 is 9.59 Å². The molecule has 0 aliphatic carbocycles. The van der Waals surface area contributed by atoms with Crippen molar-refractivity contribution in [2.24, 2.45) is 0 Å². The molecule has 1 aromatic rings. The lowest BCUT2D eigenvalue weighted by Crippen LogP contribution is -2.59. The molecule has 0 aromatic heterocycles. The topological polar surface area (TPSA) is 55.9 Å². The third kappa shape index (κ3) is 3.95. The fourth-order valence-electron chi connectivity index (χ4n) is 4.41. The number of amides is 3. The molecule has 2 aliphatic heterocycles. The molecule has 6 nitrogen and oxygen atoms in total. The number of carbonyl (C=O) groups excluding carboxylic acids is 2. The van der Waals surface area contributed by atoms with E-state index in [1.807, 2.05) is 34.1 Å². The molecule has 2 aliphatic rings. The van der Waals surface area contributed by atoms with Crippen molar-refractivity contribution in [2.45, 2.75) is 38.6 Å². The van der Waals surface area contributed by atoms with Crippen LogP contribution >= 0.6 is 0 Å². The van der Waals surface area contributed by atoms with E-state index in [0.29, 0.717) is 0 Å². The second-order valence-electron chi connectivity index (χ2n) is 7.63. The van der Waals surface area contributed by atoms with Crippen LogP contribution in [0.3, 0.4) is 0 Å². The van der Waals surface area contributed by atoms with Crippen LogP contribution in [0.2, 0.25) is 0 Å². The average Bonchev–Trinajstić information content (AvgIpc) is 3.19. The van der Waals surface area contributed by atoms with Gasteiger partial charge in [0.25, 0.3) is 5.91 Å². The number of aryl methyl sites for hydroxylation is 1. The summed E-state index contributed by atoms with van der Waals surface area (Å²) in [7, 11) is 1.69. The first-order valence-corrected chi connectivity index (χ1v) is 10.1. The summed E-state index contributed by atoms with van der Waals surface area (Å²) in [5.41, 5.74) is 2.07. The predicted molar refractivity (Wildman–Crippen MR) is 107 cm³/mol. The largest absolute Gasteiger partial charge is 0.341 e. The van der Waals surface area contributed by atoms with Gasteiger partial charge in [-0.25, -0.2) is 4.79 Å². The number of piperazine rings is 1. The number of carbonyl (C=O) groups is 2. The molecule has 1 N–H and O–H groups in total. The van der Waals surface area contributed by atoms with Crippen LogP contribution in [-0.4, -0.2) is 78.5 Å². The maximum Gasteiger partial charge on any atom is 0.317 e. The van der Waals surface area contributed by atoms with Crippen molar-refractivity contribution in [2.75, 3.05) is 46.3 Å². The first-order chi connectivity index (χ1) is 13.0. The van der Waals surface area contributed by atoms with Crippen LogP contribution in [0, 0.1) is 0 Å². The highest BCUT2D eigenvalue weighted by Crippen LogP contribution is 2.32. The molecule has 27 heavy (non-hydrogen) atoms. The molecule has 1 aromatic carbocycles. The predicted octanol–water partition coefficient (Wildman–Crippen LogP) is 2.20. The Morgan fingerprint density at radius 1 is 1.00 bits per heavy atom. The molecule has 0 bridgehead atoms. The number of likely N-dealkylation sites (tertiary alicyclic amines) is 1. The van der Waals surface area contributed by atoms with E-state index in [9.17, 15) is 9.59 Å². The molecule has 3 rings (SSSR count). The summed E-state index contributed by atoms with van der Waals surface area (Å²) in [5, 5.41) is 2.74. The second kappa shape index (κ2) is 8.30. The van der Waals surface area contributed by atoms with Crippen LogP contribution in [0.5, 0.6) is 0 Å². The molecular weight excluding hydrogens is 340 g/mol. The molecule has 2 heterocycles. The fraction of sp³-hybridized carbons (Fsp3) is 0.619. The number of benzene rings is 1. The van der Waals surface area contributed by atoms with Gasteiger partial charge in [-0.1, -0.05) is 26.0 Å². The van der Waals surface area contributed by atoms with Crippen LogP contribution in [-0.2, 0) is 6.42 Å². The molecule has 3 amide bonds. The zero-order valence-electron chi connectivity index (χ0n) is 16.8. The van der Waals surface area contributed by atoms with E-state index in [4.69, 9.17) is 0 Å². The van der Waals surface area contributed by atoms with E-state index in [-0.39, 0.29) is 17.5 Å². The maximum absolute atomic E-state index is 12.8. The van der Waals surface area contributed by atoms with Crippen molar-refractivity contribution in [3.05, 3.63) is 35.4 Å². The Kier molecular flexibility index (Phi) is 6.05. The highest BCUT2D eigenvalue weighted by atomic mass is 16.2. The first kappa shape index (κ1) is 19.7. The van der Waals surface area contributed by atoms with E-state index >= 15 is 0 Å². The molecule has 2 saturated heterocycles. The van der Waals surface area contributed by atoms with Gasteiger partial charge in [0, 0.05) is 57.4 Å². The Bertz CT molecular complexity index is 667. The van der Waals surface area contributed by atoms with Gasteiger partial charge in [0.2, 0.25) is 0 Å². The quantitative estimate of drug-likeness (QED) is 0.882. The van der Waals surface area contributed by atoms with Gasteiger partial charge in [-0.2, -0.15) is 0 Å². The molecular formula is C21H32N4O2. The minimum atomic E-state index is 0.00895. The van der Waals surface area contributed by atoms with E-state index < -0.39 is 0 Å². The van der Waals surface area contributed by atoms with Gasteiger partial charge in [-0.15, -0.1) is 0 Å². The summed E-state index contributed by atoms with van der Waals surface area (Å²) in [6.07, 6.45) is 3.01. The Balaban J connectivity index is 1.60. The van der Waals surface area contributed by atoms with Crippen molar-refractivity contribution in [3.63, 3.8) is 0 Å². The normalized spacial score (nSPS) is 23.5.